The number of fused-ring (bicyclic) bond motifs is 1. The topological polar surface area (TPSA) is 108 Å². The number of likely N-dealkylation sites (tertiary alicyclic amines) is 1. The molecule has 1 spiro atoms. The predicted octanol–water partition coefficient (Wildman–Crippen LogP) is 3.83. The lowest BCUT2D eigenvalue weighted by Gasteiger charge is -2.39. The fourth-order valence-electron chi connectivity index (χ4n) is 6.57. The van der Waals surface area contributed by atoms with Crippen LogP contribution in [-0.2, 0) is 14.4 Å². The molecule has 2 unspecified atom stereocenters. The van der Waals surface area contributed by atoms with Crippen LogP contribution in [0.25, 0.3) is 0 Å². The Kier molecular flexibility index (Phi) is 9.29. The van der Waals surface area contributed by atoms with Crippen molar-refractivity contribution in [2.45, 2.75) is 88.3 Å². The van der Waals surface area contributed by atoms with Gasteiger partial charge in [-0.05, 0) is 56.4 Å². The maximum atomic E-state index is 14.2. The fraction of sp³-hybridized carbons (Fsp3) is 0.690. The lowest BCUT2D eigenvalue weighted by Crippen LogP contribution is -2.57. The predicted molar refractivity (Wildman–Crippen MR) is 150 cm³/mol. The van der Waals surface area contributed by atoms with Crippen LogP contribution in [0.4, 0.5) is 5.69 Å². The van der Waals surface area contributed by atoms with Crippen LogP contribution < -0.4 is 15.4 Å². The zero-order valence-electron chi connectivity index (χ0n) is 23.1. The molecule has 0 aliphatic carbocycles. The van der Waals surface area contributed by atoms with Crippen LogP contribution >= 0.6 is 11.8 Å². The van der Waals surface area contributed by atoms with Gasteiger partial charge in [0.25, 0.3) is 0 Å². The molecule has 38 heavy (non-hydrogen) atoms. The summed E-state index contributed by atoms with van der Waals surface area (Å²) in [5.41, 5.74) is 0.653. The van der Waals surface area contributed by atoms with Gasteiger partial charge in [0.1, 0.15) is 11.8 Å². The number of carbonyl (C=O) groups is 3. The van der Waals surface area contributed by atoms with Gasteiger partial charge in [-0.25, -0.2) is 0 Å². The van der Waals surface area contributed by atoms with E-state index < -0.39 is 28.7 Å². The van der Waals surface area contributed by atoms with E-state index in [1.165, 1.54) is 0 Å². The number of carbonyl (C=O) groups excluding carboxylic acids is 3. The molecule has 2 bridgehead atoms. The Morgan fingerprint density at radius 1 is 1.18 bits per heavy atom. The first-order chi connectivity index (χ1) is 18.3. The van der Waals surface area contributed by atoms with Gasteiger partial charge in [-0.1, -0.05) is 40.0 Å². The number of ether oxygens (including phenoxy) is 1. The van der Waals surface area contributed by atoms with E-state index in [1.807, 2.05) is 32.9 Å². The summed E-state index contributed by atoms with van der Waals surface area (Å²) < 4.78 is 4.85. The van der Waals surface area contributed by atoms with Gasteiger partial charge in [-0.15, -0.1) is 11.8 Å². The highest BCUT2D eigenvalue weighted by Gasteiger charge is 2.74. The van der Waals surface area contributed by atoms with Crippen molar-refractivity contribution in [3.63, 3.8) is 0 Å². The number of hydrogen-bond acceptors (Lipinski definition) is 6. The second kappa shape index (κ2) is 12.3. The quantitative estimate of drug-likeness (QED) is 0.325. The Morgan fingerprint density at radius 2 is 1.92 bits per heavy atom. The number of aliphatic hydroxyl groups is 1. The van der Waals surface area contributed by atoms with Crippen LogP contribution in [0.3, 0.4) is 0 Å². The second-order valence-corrected chi connectivity index (χ2v) is 12.5. The highest BCUT2D eigenvalue weighted by Crippen LogP contribution is 2.66. The molecule has 3 aliphatic rings. The van der Waals surface area contributed by atoms with Gasteiger partial charge in [0.2, 0.25) is 17.7 Å². The van der Waals surface area contributed by atoms with E-state index in [4.69, 9.17) is 4.74 Å². The Labute approximate surface area is 230 Å². The van der Waals surface area contributed by atoms with Gasteiger partial charge in [-0.2, -0.15) is 0 Å². The highest BCUT2D eigenvalue weighted by molar-refractivity contribution is 8.02. The molecule has 210 valence electrons. The van der Waals surface area contributed by atoms with Crippen molar-refractivity contribution in [1.29, 1.82) is 0 Å². The molecular weight excluding hydrogens is 502 g/mol. The summed E-state index contributed by atoms with van der Waals surface area (Å²) in [5, 5.41) is 16.5. The molecule has 7 atom stereocenters. The zero-order chi connectivity index (χ0) is 27.4. The molecule has 3 N–H and O–H groups in total. The molecule has 3 amide bonds. The summed E-state index contributed by atoms with van der Waals surface area (Å²) in [7, 11) is 0. The molecule has 1 aromatic carbocycles. The number of aliphatic hydroxyl groups excluding tert-OH is 1. The third kappa shape index (κ3) is 5.16. The van der Waals surface area contributed by atoms with Crippen LogP contribution in [0.2, 0.25) is 0 Å². The summed E-state index contributed by atoms with van der Waals surface area (Å²) >= 11 is 1.65. The van der Waals surface area contributed by atoms with Crippen LogP contribution in [0.1, 0.15) is 66.2 Å². The molecule has 3 fully saturated rings. The number of amides is 3. The summed E-state index contributed by atoms with van der Waals surface area (Å²) in [5.74, 6) is -0.857. The number of thioether (sulfide) groups is 1. The lowest BCUT2D eigenvalue weighted by molar-refractivity contribution is -0.143. The van der Waals surface area contributed by atoms with Crippen molar-refractivity contribution in [3.05, 3.63) is 24.3 Å². The fourth-order valence-corrected chi connectivity index (χ4v) is 8.78. The SMILES string of the molecule is CCCCCNC(=O)C1N([C@@H](CO)[C@@H](C)CC)C(=O)[C@@H]2[C@@H](C(=O)Nc3ccc(OCC)cc3)[C@H]3CCC12S3. The molecule has 8 nitrogen and oxygen atoms in total. The summed E-state index contributed by atoms with van der Waals surface area (Å²) in [6, 6.07) is 6.09. The third-order valence-corrected chi connectivity index (χ3v) is 10.6. The molecule has 3 saturated heterocycles. The van der Waals surface area contributed by atoms with Gasteiger partial charge in [0.05, 0.1) is 35.8 Å². The monoisotopic (exact) mass is 545 g/mol. The van der Waals surface area contributed by atoms with E-state index in [0.717, 1.165) is 37.9 Å². The minimum atomic E-state index is -0.689. The van der Waals surface area contributed by atoms with Crippen LogP contribution in [0.5, 0.6) is 5.75 Å². The van der Waals surface area contributed by atoms with E-state index >= 15 is 0 Å². The van der Waals surface area contributed by atoms with Gasteiger partial charge in [0, 0.05) is 17.5 Å². The van der Waals surface area contributed by atoms with Crippen LogP contribution in [-0.4, -0.2) is 69.6 Å². The van der Waals surface area contributed by atoms with Crippen molar-refractivity contribution >= 4 is 35.2 Å². The van der Waals surface area contributed by atoms with Crippen molar-refractivity contribution in [2.75, 3.05) is 25.1 Å². The maximum absolute atomic E-state index is 14.2. The maximum Gasteiger partial charge on any atom is 0.244 e. The Bertz CT molecular complexity index is 1000. The van der Waals surface area contributed by atoms with Crippen molar-refractivity contribution in [2.24, 2.45) is 17.8 Å². The smallest absolute Gasteiger partial charge is 0.244 e. The van der Waals surface area contributed by atoms with Gasteiger partial charge < -0.3 is 25.4 Å². The number of rotatable bonds is 13. The average molecular weight is 546 g/mol. The van der Waals surface area contributed by atoms with Gasteiger partial charge in [-0.3, -0.25) is 14.4 Å². The standard InChI is InChI=1S/C29H43N3O5S/c1-5-8-9-16-30-27(35)25-29-15-14-22(38-29)23(24(29)28(36)32(25)21(17-33)18(4)6-2)26(34)31-19-10-12-20(13-11-19)37-7-3/h10-13,18,21-25,33H,5-9,14-17H2,1-4H3,(H,30,35)(H,31,34)/t18-,21-,22+,23-,24-,25?,29?/m0/s1. The number of benzene rings is 1. The van der Waals surface area contributed by atoms with Gasteiger partial charge in [0.15, 0.2) is 0 Å². The molecule has 1 aromatic rings. The van der Waals surface area contributed by atoms with E-state index in [2.05, 4.69) is 17.6 Å². The molecule has 0 radical (unpaired) electrons. The number of unbranched alkanes of at least 4 members (excludes halogenated alkanes) is 2. The van der Waals surface area contributed by atoms with Crippen molar-refractivity contribution < 1.29 is 24.2 Å². The van der Waals surface area contributed by atoms with Gasteiger partial charge >= 0.3 is 0 Å². The molecule has 9 heteroatoms. The summed E-state index contributed by atoms with van der Waals surface area (Å²) in [6.45, 7) is 8.99. The molecule has 0 saturated carbocycles. The van der Waals surface area contributed by atoms with E-state index in [1.54, 1.807) is 28.8 Å². The van der Waals surface area contributed by atoms with Crippen LogP contribution in [0, 0.1) is 17.8 Å². The van der Waals surface area contributed by atoms with Crippen LogP contribution in [0.15, 0.2) is 24.3 Å². The first-order valence-corrected chi connectivity index (χ1v) is 15.1. The molecule has 3 aliphatic heterocycles. The van der Waals surface area contributed by atoms with Crippen molar-refractivity contribution in [1.82, 2.24) is 10.2 Å². The minimum absolute atomic E-state index is 0.0136. The number of hydrogen-bond donors (Lipinski definition) is 3. The Morgan fingerprint density at radius 3 is 2.55 bits per heavy atom. The highest BCUT2D eigenvalue weighted by atomic mass is 32.2. The average Bonchev–Trinajstić information content (AvgIpc) is 3.56. The Balaban J connectivity index is 1.62. The first-order valence-electron chi connectivity index (χ1n) is 14.2. The molecule has 0 aromatic heterocycles. The van der Waals surface area contributed by atoms with E-state index in [9.17, 15) is 19.5 Å². The number of anilines is 1. The lowest BCUT2D eigenvalue weighted by atomic mass is 9.70. The molecular formula is C29H43N3O5S. The largest absolute Gasteiger partial charge is 0.494 e. The third-order valence-electron chi connectivity index (χ3n) is 8.65. The second-order valence-electron chi connectivity index (χ2n) is 10.9. The normalized spacial score (nSPS) is 29.2. The summed E-state index contributed by atoms with van der Waals surface area (Å²) in [6.07, 6.45) is 5.24. The molecule has 4 rings (SSSR count). The first kappa shape index (κ1) is 28.7. The minimum Gasteiger partial charge on any atom is -0.494 e. The Hall–Kier alpha value is -2.26. The number of nitrogens with one attached hydrogen (secondary N) is 2. The summed E-state index contributed by atoms with van der Waals surface area (Å²) in [4.78, 5) is 43.3. The van der Waals surface area contributed by atoms with E-state index in [0.29, 0.717) is 25.3 Å². The molecule has 3 heterocycles. The zero-order valence-corrected chi connectivity index (χ0v) is 23.9. The van der Waals surface area contributed by atoms with E-state index in [-0.39, 0.29) is 35.5 Å². The number of nitrogens with zero attached hydrogens (tertiary/aromatic N) is 1. The van der Waals surface area contributed by atoms with Crippen molar-refractivity contribution in [3.8, 4) is 5.75 Å².